The summed E-state index contributed by atoms with van der Waals surface area (Å²) in [7, 11) is 2.23. The molecule has 0 unspecified atom stereocenters. The van der Waals surface area contributed by atoms with Crippen molar-refractivity contribution >= 4 is 0 Å². The highest BCUT2D eigenvalue weighted by Gasteiger charge is 2.22. The molecule has 23 heavy (non-hydrogen) atoms. The second-order valence-electron chi connectivity index (χ2n) is 6.49. The lowest BCUT2D eigenvalue weighted by atomic mass is 10.2. The van der Waals surface area contributed by atoms with Crippen molar-refractivity contribution in [1.82, 2.24) is 0 Å². The Hall–Kier alpha value is -1.14. The van der Waals surface area contributed by atoms with Gasteiger partial charge < -0.3 is 24.4 Å². The summed E-state index contributed by atoms with van der Waals surface area (Å²) >= 11 is 0. The van der Waals surface area contributed by atoms with Crippen molar-refractivity contribution in [3.05, 3.63) is 29.8 Å². The zero-order chi connectivity index (χ0) is 16.5. The van der Waals surface area contributed by atoms with Gasteiger partial charge in [0.1, 0.15) is 51.2 Å². The molecule has 0 bridgehead atoms. The van der Waals surface area contributed by atoms with E-state index in [0.29, 0.717) is 19.8 Å². The third-order valence-corrected chi connectivity index (χ3v) is 4.47. The number of rotatable bonds is 9. The Labute approximate surface area is 139 Å². The monoisotopic (exact) mass is 324 g/mol. The minimum absolute atomic E-state index is 0.382. The first-order chi connectivity index (χ1) is 11.2. The summed E-state index contributed by atoms with van der Waals surface area (Å²) in [4.78, 5) is 3.07. The average Bonchev–Trinajstić information content (AvgIpc) is 2.57. The number of nitrogens with one attached hydrogen (secondary N) is 2. The third-order valence-electron chi connectivity index (χ3n) is 4.47. The van der Waals surface area contributed by atoms with E-state index < -0.39 is 0 Å². The van der Waals surface area contributed by atoms with E-state index in [1.54, 1.807) is 4.90 Å². The van der Waals surface area contributed by atoms with Gasteiger partial charge in [-0.2, -0.15) is 0 Å². The average molecular weight is 324 g/mol. The zero-order valence-electron chi connectivity index (χ0n) is 14.5. The fourth-order valence-corrected chi connectivity index (χ4v) is 2.89. The van der Waals surface area contributed by atoms with Crippen LogP contribution < -0.4 is 14.5 Å². The molecule has 0 aromatic heterocycles. The smallest absolute Gasteiger partial charge is 0.127 e. The number of aryl methyl sites for hydroxylation is 1. The lowest BCUT2D eigenvalue weighted by Crippen LogP contribution is -3.27. The van der Waals surface area contributed by atoms with E-state index in [2.05, 4.69) is 26.1 Å². The van der Waals surface area contributed by atoms with Crippen molar-refractivity contribution in [1.29, 1.82) is 0 Å². The molecule has 3 N–H and O–H groups in total. The first-order valence-corrected chi connectivity index (χ1v) is 8.79. The Bertz CT molecular complexity index is 430. The molecule has 0 aliphatic carbocycles. The molecule has 2 rings (SSSR count). The maximum atomic E-state index is 10.0. The Kier molecular flexibility index (Phi) is 7.82. The maximum Gasteiger partial charge on any atom is 0.127 e. The Morgan fingerprint density at radius 3 is 2.43 bits per heavy atom. The van der Waals surface area contributed by atoms with E-state index in [9.17, 15) is 5.11 Å². The Morgan fingerprint density at radius 2 is 1.78 bits per heavy atom. The van der Waals surface area contributed by atoms with E-state index in [1.807, 2.05) is 12.1 Å². The molecule has 1 aromatic carbocycles. The number of likely N-dealkylation sites (N-methyl/N-ethyl adjacent to an activating group) is 1. The van der Waals surface area contributed by atoms with E-state index in [4.69, 9.17) is 9.47 Å². The van der Waals surface area contributed by atoms with Gasteiger partial charge >= 0.3 is 0 Å². The predicted octanol–water partition coefficient (Wildman–Crippen LogP) is -1.58. The third kappa shape index (κ3) is 6.87. The van der Waals surface area contributed by atoms with Gasteiger partial charge in [-0.1, -0.05) is 19.1 Å². The van der Waals surface area contributed by atoms with Crippen LogP contribution in [0.25, 0.3) is 0 Å². The second kappa shape index (κ2) is 9.88. The van der Waals surface area contributed by atoms with Gasteiger partial charge in [0.25, 0.3) is 0 Å². The zero-order valence-corrected chi connectivity index (χ0v) is 14.5. The van der Waals surface area contributed by atoms with Crippen molar-refractivity contribution in [2.24, 2.45) is 0 Å². The summed E-state index contributed by atoms with van der Waals surface area (Å²) in [5.74, 6) is 0.871. The summed E-state index contributed by atoms with van der Waals surface area (Å²) in [5.41, 5.74) is 1.31. The van der Waals surface area contributed by atoms with E-state index in [-0.39, 0.29) is 6.10 Å². The largest absolute Gasteiger partial charge is 0.491 e. The van der Waals surface area contributed by atoms with Gasteiger partial charge in [0.15, 0.2) is 0 Å². The standard InChI is InChI=1S/C18H30N2O3/c1-3-16-4-6-18(7-5-16)23-13-12-22-15-17(21)14-20-10-8-19(2)9-11-20/h4-7,17,21H,3,8-15H2,1-2H3/p+2/t17-/m0/s1. The Morgan fingerprint density at radius 1 is 1.09 bits per heavy atom. The number of hydrogen-bond acceptors (Lipinski definition) is 3. The molecule has 5 nitrogen and oxygen atoms in total. The van der Waals surface area contributed by atoms with Crippen molar-refractivity contribution in [3.8, 4) is 5.75 Å². The van der Waals surface area contributed by atoms with Crippen LogP contribution >= 0.6 is 0 Å². The molecular formula is C18H32N2O3+2. The molecule has 1 aliphatic heterocycles. The first-order valence-electron chi connectivity index (χ1n) is 8.79. The number of aliphatic hydroxyl groups is 1. The molecule has 0 radical (unpaired) electrons. The highest BCUT2D eigenvalue weighted by molar-refractivity contribution is 5.27. The minimum Gasteiger partial charge on any atom is -0.491 e. The topological polar surface area (TPSA) is 47.6 Å². The summed E-state index contributed by atoms with van der Waals surface area (Å²) in [6.45, 7) is 9.00. The lowest BCUT2D eigenvalue weighted by molar-refractivity contribution is -1.00. The van der Waals surface area contributed by atoms with Crippen LogP contribution in [0.4, 0.5) is 0 Å². The van der Waals surface area contributed by atoms with Crippen molar-refractivity contribution in [3.63, 3.8) is 0 Å². The molecule has 5 heteroatoms. The molecule has 1 heterocycles. The molecule has 0 spiro atoms. The SMILES string of the molecule is CCc1ccc(OCCOC[C@@H](O)C[NH+]2CC[NH+](C)CC2)cc1. The normalized spacial score (nSPS) is 22.7. The van der Waals surface area contributed by atoms with Crippen molar-refractivity contribution in [2.45, 2.75) is 19.4 Å². The van der Waals surface area contributed by atoms with Crippen LogP contribution in [0.5, 0.6) is 5.75 Å². The fraction of sp³-hybridized carbons (Fsp3) is 0.667. The van der Waals surface area contributed by atoms with E-state index >= 15 is 0 Å². The van der Waals surface area contributed by atoms with E-state index in [0.717, 1.165) is 31.8 Å². The number of hydrogen-bond donors (Lipinski definition) is 3. The first kappa shape index (κ1) is 18.2. The number of benzene rings is 1. The summed E-state index contributed by atoms with van der Waals surface area (Å²) in [6, 6.07) is 8.15. The summed E-state index contributed by atoms with van der Waals surface area (Å²) in [6.07, 6.45) is 0.657. The number of ether oxygens (including phenoxy) is 2. The quantitative estimate of drug-likeness (QED) is 0.481. The highest BCUT2D eigenvalue weighted by atomic mass is 16.5. The number of piperazine rings is 1. The fourth-order valence-electron chi connectivity index (χ4n) is 2.89. The molecule has 0 amide bonds. The molecule has 1 saturated heterocycles. The van der Waals surface area contributed by atoms with Crippen LogP contribution in [0.2, 0.25) is 0 Å². The summed E-state index contributed by atoms with van der Waals surface area (Å²) < 4.78 is 11.2. The molecule has 1 atom stereocenters. The Balaban J connectivity index is 1.52. The maximum absolute atomic E-state index is 10.0. The van der Waals surface area contributed by atoms with Crippen LogP contribution in [0, 0.1) is 0 Å². The van der Waals surface area contributed by atoms with Crippen LogP contribution in [-0.4, -0.2) is 70.8 Å². The molecule has 0 saturated carbocycles. The van der Waals surface area contributed by atoms with Crippen molar-refractivity contribution < 1.29 is 24.4 Å². The van der Waals surface area contributed by atoms with Gasteiger partial charge in [0.2, 0.25) is 0 Å². The van der Waals surface area contributed by atoms with Gasteiger partial charge in [-0.3, -0.25) is 0 Å². The highest BCUT2D eigenvalue weighted by Crippen LogP contribution is 2.12. The summed E-state index contributed by atoms with van der Waals surface area (Å²) in [5, 5.41) is 10.0. The van der Waals surface area contributed by atoms with Gasteiger partial charge in [-0.05, 0) is 24.1 Å². The molecule has 130 valence electrons. The van der Waals surface area contributed by atoms with Crippen LogP contribution in [0.15, 0.2) is 24.3 Å². The van der Waals surface area contributed by atoms with Crippen LogP contribution in [-0.2, 0) is 11.2 Å². The number of aliphatic hydroxyl groups excluding tert-OH is 1. The van der Waals surface area contributed by atoms with Crippen molar-refractivity contribution in [2.75, 3.05) is 59.6 Å². The van der Waals surface area contributed by atoms with E-state index in [1.165, 1.54) is 23.6 Å². The molecule has 1 aromatic rings. The van der Waals surface area contributed by atoms with Gasteiger partial charge in [0.05, 0.1) is 20.3 Å². The van der Waals surface area contributed by atoms with Gasteiger partial charge in [0, 0.05) is 0 Å². The lowest BCUT2D eigenvalue weighted by Gasteiger charge is -2.28. The van der Waals surface area contributed by atoms with Gasteiger partial charge in [-0.15, -0.1) is 0 Å². The molecular weight excluding hydrogens is 292 g/mol. The second-order valence-corrected chi connectivity index (χ2v) is 6.49. The minimum atomic E-state index is -0.382. The molecule has 1 aliphatic rings. The predicted molar refractivity (Wildman–Crippen MR) is 90.3 cm³/mol. The van der Waals surface area contributed by atoms with Gasteiger partial charge in [-0.25, -0.2) is 0 Å². The van der Waals surface area contributed by atoms with Crippen LogP contribution in [0.3, 0.4) is 0 Å². The molecule has 1 fully saturated rings. The van der Waals surface area contributed by atoms with Crippen LogP contribution in [0.1, 0.15) is 12.5 Å². The number of quaternary nitrogens is 2.